The molecule has 3 heteroatoms. The van der Waals surface area contributed by atoms with Crippen LogP contribution in [0.15, 0.2) is 115 Å². The van der Waals surface area contributed by atoms with Gasteiger partial charge in [-0.2, -0.15) is 0 Å². The minimum absolute atomic E-state index is 0.0162. The molecule has 0 amide bonds. The molecule has 0 unspecified atom stereocenters. The molecule has 0 saturated heterocycles. The van der Waals surface area contributed by atoms with Crippen LogP contribution in [-0.2, 0) is 0 Å². The minimum atomic E-state index is -2.30. The third kappa shape index (κ3) is 3.87. The zero-order chi connectivity index (χ0) is 20.8. The van der Waals surface area contributed by atoms with Crippen molar-refractivity contribution in [1.82, 2.24) is 0 Å². The van der Waals surface area contributed by atoms with Crippen LogP contribution in [0.1, 0.15) is 10.4 Å². The Kier molecular flexibility index (Phi) is 5.97. The van der Waals surface area contributed by atoms with Crippen LogP contribution in [0.4, 0.5) is 0 Å². The second kappa shape index (κ2) is 8.98. The summed E-state index contributed by atoms with van der Waals surface area (Å²) >= 11 is 0. The van der Waals surface area contributed by atoms with Crippen molar-refractivity contribution in [3.05, 3.63) is 121 Å². The molecule has 0 aromatic heterocycles. The number of ether oxygens (including phenoxy) is 1. The standard InChI is InChI=1S/C27H23O2P/c1-29-23-19-17-22(18-20-23)27(28)21-30(24-11-5-2-6-12-24,25-13-7-3-8-14-25)26-15-9-4-10-16-26/h2-21H,1H3. The smallest absolute Gasteiger partial charge is 0.186 e. The van der Waals surface area contributed by atoms with Crippen molar-refractivity contribution in [3.63, 3.8) is 0 Å². The van der Waals surface area contributed by atoms with Crippen molar-refractivity contribution in [3.8, 4) is 5.75 Å². The fourth-order valence-electron chi connectivity index (χ4n) is 3.67. The van der Waals surface area contributed by atoms with Crippen molar-refractivity contribution in [1.29, 1.82) is 0 Å². The second-order valence-electron chi connectivity index (χ2n) is 6.95. The maximum atomic E-state index is 13.5. The minimum Gasteiger partial charge on any atom is -0.497 e. The van der Waals surface area contributed by atoms with Gasteiger partial charge in [0.1, 0.15) is 5.75 Å². The fourth-order valence-corrected chi connectivity index (χ4v) is 7.44. The van der Waals surface area contributed by atoms with Crippen molar-refractivity contribution in [2.45, 2.75) is 0 Å². The molecule has 2 nitrogen and oxygen atoms in total. The van der Waals surface area contributed by atoms with Gasteiger partial charge in [-0.25, -0.2) is 0 Å². The highest BCUT2D eigenvalue weighted by atomic mass is 31.2. The average molecular weight is 410 g/mol. The number of hydrogen-bond acceptors (Lipinski definition) is 2. The predicted molar refractivity (Wildman–Crippen MR) is 129 cm³/mol. The van der Waals surface area contributed by atoms with Crippen molar-refractivity contribution >= 4 is 34.4 Å². The van der Waals surface area contributed by atoms with Crippen LogP contribution in [-0.4, -0.2) is 18.7 Å². The normalized spacial score (nSPS) is 11.0. The summed E-state index contributed by atoms with van der Waals surface area (Å²) in [5.41, 5.74) is 0.656. The number of carbonyl (C=O) groups excluding carboxylic acids is 1. The first-order valence-corrected chi connectivity index (χ1v) is 11.7. The van der Waals surface area contributed by atoms with Crippen LogP contribution in [0.2, 0.25) is 0 Å². The van der Waals surface area contributed by atoms with Gasteiger partial charge in [0.25, 0.3) is 0 Å². The quantitative estimate of drug-likeness (QED) is 0.341. The molecule has 0 spiro atoms. The fraction of sp³-hybridized carbons (Fsp3) is 0.0370. The molecule has 4 aromatic rings. The van der Waals surface area contributed by atoms with E-state index in [-0.39, 0.29) is 5.78 Å². The van der Waals surface area contributed by atoms with Crippen molar-refractivity contribution in [2.75, 3.05) is 7.11 Å². The van der Waals surface area contributed by atoms with E-state index in [9.17, 15) is 4.79 Å². The molecule has 0 radical (unpaired) electrons. The maximum Gasteiger partial charge on any atom is 0.186 e. The largest absolute Gasteiger partial charge is 0.497 e. The van der Waals surface area contributed by atoms with E-state index in [1.54, 1.807) is 7.11 Å². The molecule has 0 aliphatic rings. The van der Waals surface area contributed by atoms with Crippen LogP contribution >= 0.6 is 6.89 Å². The van der Waals surface area contributed by atoms with Crippen molar-refractivity contribution in [2.24, 2.45) is 0 Å². The first-order chi connectivity index (χ1) is 14.7. The number of hydrogen-bond donors (Lipinski definition) is 0. The third-order valence-electron chi connectivity index (χ3n) is 5.18. The highest BCUT2D eigenvalue weighted by molar-refractivity contribution is 7.95. The number of ketones is 1. The molecule has 0 atom stereocenters. The molecule has 30 heavy (non-hydrogen) atoms. The summed E-state index contributed by atoms with van der Waals surface area (Å²) in [5, 5.41) is 3.47. The zero-order valence-corrected chi connectivity index (χ0v) is 17.7. The third-order valence-corrected chi connectivity index (χ3v) is 9.14. The summed E-state index contributed by atoms with van der Waals surface area (Å²) in [7, 11) is 1.62. The monoisotopic (exact) mass is 410 g/mol. The van der Waals surface area contributed by atoms with Gasteiger partial charge in [-0.1, -0.05) is 91.0 Å². The predicted octanol–water partition coefficient (Wildman–Crippen LogP) is 4.67. The lowest BCUT2D eigenvalue weighted by atomic mass is 10.1. The molecule has 4 aromatic carbocycles. The Balaban J connectivity index is 2.01. The molecule has 0 saturated carbocycles. The summed E-state index contributed by atoms with van der Waals surface area (Å²) in [4.78, 5) is 13.5. The van der Waals surface area contributed by atoms with E-state index in [0.29, 0.717) is 5.56 Å². The number of Topliss-reactive ketones (excluding diaryl/α,β-unsaturated/α-hetero) is 1. The molecule has 0 aliphatic heterocycles. The Morgan fingerprint density at radius 1 is 0.633 bits per heavy atom. The molecule has 0 aliphatic carbocycles. The highest BCUT2D eigenvalue weighted by Gasteiger charge is 2.26. The Morgan fingerprint density at radius 2 is 1.03 bits per heavy atom. The van der Waals surface area contributed by atoms with E-state index in [1.165, 1.54) is 0 Å². The lowest BCUT2D eigenvalue weighted by Crippen LogP contribution is -2.28. The number of methoxy groups -OCH3 is 1. The van der Waals surface area contributed by atoms with Gasteiger partial charge in [-0.05, 0) is 52.9 Å². The molecule has 4 rings (SSSR count). The number of carbonyl (C=O) groups is 1. The van der Waals surface area contributed by atoms with Gasteiger partial charge in [-0.3, -0.25) is 4.79 Å². The van der Waals surface area contributed by atoms with E-state index < -0.39 is 6.89 Å². The summed E-state index contributed by atoms with van der Waals surface area (Å²) in [5.74, 6) is 2.71. The van der Waals surface area contributed by atoms with Gasteiger partial charge in [-0.15, -0.1) is 0 Å². The second-order valence-corrected chi connectivity index (χ2v) is 10.2. The van der Waals surface area contributed by atoms with E-state index in [4.69, 9.17) is 4.74 Å². The summed E-state index contributed by atoms with van der Waals surface area (Å²) in [6.45, 7) is -2.30. The lowest BCUT2D eigenvalue weighted by molar-refractivity contribution is 0.107. The van der Waals surface area contributed by atoms with E-state index in [2.05, 4.69) is 36.4 Å². The SMILES string of the molecule is COc1ccc(C(=O)C=P(c2ccccc2)(c2ccccc2)c2ccccc2)cc1. The number of rotatable bonds is 6. The molecule has 0 heterocycles. The molecule has 0 fully saturated rings. The number of benzene rings is 4. The Hall–Kier alpha value is -3.35. The Labute approximate surface area is 177 Å². The van der Waals surface area contributed by atoms with Crippen LogP contribution in [0, 0.1) is 0 Å². The highest BCUT2D eigenvalue weighted by Crippen LogP contribution is 2.43. The molecule has 148 valence electrons. The average Bonchev–Trinajstić information content (AvgIpc) is 2.84. The van der Waals surface area contributed by atoms with Crippen molar-refractivity contribution < 1.29 is 9.53 Å². The van der Waals surface area contributed by atoms with Gasteiger partial charge < -0.3 is 4.74 Å². The van der Waals surface area contributed by atoms with Gasteiger partial charge in [0, 0.05) is 5.56 Å². The molecule has 0 N–H and O–H groups in total. The van der Waals surface area contributed by atoms with Crippen LogP contribution in [0.25, 0.3) is 0 Å². The van der Waals surface area contributed by atoms with Crippen LogP contribution in [0.3, 0.4) is 0 Å². The molecular formula is C27H23O2P. The summed E-state index contributed by atoms with van der Waals surface area (Å²) in [6.07, 6.45) is 0. The van der Waals surface area contributed by atoms with E-state index in [0.717, 1.165) is 21.7 Å². The van der Waals surface area contributed by atoms with E-state index in [1.807, 2.05) is 84.7 Å². The molecule has 0 bridgehead atoms. The zero-order valence-electron chi connectivity index (χ0n) is 16.8. The Morgan fingerprint density at radius 3 is 1.40 bits per heavy atom. The Bertz CT molecular complexity index is 1060. The molecular weight excluding hydrogens is 387 g/mol. The maximum absolute atomic E-state index is 13.5. The van der Waals surface area contributed by atoms with E-state index >= 15 is 0 Å². The topological polar surface area (TPSA) is 26.3 Å². The van der Waals surface area contributed by atoms with Gasteiger partial charge in [0.15, 0.2) is 5.78 Å². The van der Waals surface area contributed by atoms with Gasteiger partial charge in [0.05, 0.1) is 7.11 Å². The first kappa shape index (κ1) is 19.9. The van der Waals surface area contributed by atoms with Crippen LogP contribution in [0.5, 0.6) is 5.75 Å². The van der Waals surface area contributed by atoms with Gasteiger partial charge >= 0.3 is 0 Å². The summed E-state index contributed by atoms with van der Waals surface area (Å²) < 4.78 is 5.24. The summed E-state index contributed by atoms with van der Waals surface area (Å²) in [6, 6.07) is 38.4. The lowest BCUT2D eigenvalue weighted by Gasteiger charge is -2.28. The first-order valence-electron chi connectivity index (χ1n) is 9.84. The van der Waals surface area contributed by atoms with Gasteiger partial charge in [0.2, 0.25) is 0 Å². The van der Waals surface area contributed by atoms with Crippen LogP contribution < -0.4 is 20.7 Å².